The molecule has 2 rings (SSSR count). The van der Waals surface area contributed by atoms with E-state index in [1.165, 1.54) is 0 Å². The maximum absolute atomic E-state index is 8.47. The van der Waals surface area contributed by atoms with Gasteiger partial charge >= 0.3 is 0 Å². The second-order valence-electron chi connectivity index (χ2n) is 2.65. The number of H-pyrrole nitrogens is 1. The van der Waals surface area contributed by atoms with Crippen LogP contribution >= 0.6 is 11.6 Å². The van der Waals surface area contributed by atoms with Crippen LogP contribution in [0.2, 0.25) is 5.02 Å². The van der Waals surface area contributed by atoms with Gasteiger partial charge in [-0.3, -0.25) is 0 Å². The van der Waals surface area contributed by atoms with Crippen LogP contribution in [-0.2, 0) is 6.42 Å². The Kier molecular flexibility index (Phi) is 1.91. The highest BCUT2D eigenvalue weighted by Gasteiger charge is 2.04. The summed E-state index contributed by atoms with van der Waals surface area (Å²) in [5.41, 5.74) is 1.60. The maximum atomic E-state index is 8.47. The Labute approximate surface area is 80.0 Å². The number of nitrogens with zero attached hydrogens (tertiary/aromatic N) is 2. The molecule has 0 atom stereocenters. The molecule has 0 unspecified atom stereocenters. The van der Waals surface area contributed by atoms with Crippen molar-refractivity contribution in [2.24, 2.45) is 0 Å². The summed E-state index contributed by atoms with van der Waals surface area (Å²) in [4.78, 5) is 7.21. The number of nitriles is 1. The Morgan fingerprint density at radius 3 is 3.08 bits per heavy atom. The van der Waals surface area contributed by atoms with Crippen molar-refractivity contribution in [3.05, 3.63) is 29.0 Å². The number of imidazole rings is 1. The summed E-state index contributed by atoms with van der Waals surface area (Å²) in [5, 5.41) is 9.08. The smallest absolute Gasteiger partial charge is 0.121 e. The standard InChI is InChI=1S/C9H6ClN3/c10-6-2-1-3-7-9(6)13-8(12-7)4-5-11/h1-3H,4H2,(H,12,13). The van der Waals surface area contributed by atoms with Crippen LogP contribution in [0, 0.1) is 11.3 Å². The van der Waals surface area contributed by atoms with E-state index in [1.807, 2.05) is 18.2 Å². The van der Waals surface area contributed by atoms with Gasteiger partial charge in [-0.05, 0) is 12.1 Å². The third-order valence-electron chi connectivity index (χ3n) is 1.76. The van der Waals surface area contributed by atoms with E-state index < -0.39 is 0 Å². The molecule has 1 aromatic heterocycles. The van der Waals surface area contributed by atoms with Gasteiger partial charge < -0.3 is 4.98 Å². The third-order valence-corrected chi connectivity index (χ3v) is 2.06. The number of halogens is 1. The second-order valence-corrected chi connectivity index (χ2v) is 3.06. The van der Waals surface area contributed by atoms with Crippen LogP contribution in [0.25, 0.3) is 11.0 Å². The van der Waals surface area contributed by atoms with Crippen molar-refractivity contribution in [3.63, 3.8) is 0 Å². The lowest BCUT2D eigenvalue weighted by atomic mass is 10.3. The fourth-order valence-electron chi connectivity index (χ4n) is 1.21. The summed E-state index contributed by atoms with van der Waals surface area (Å²) < 4.78 is 0. The van der Waals surface area contributed by atoms with E-state index >= 15 is 0 Å². The van der Waals surface area contributed by atoms with E-state index in [2.05, 4.69) is 9.97 Å². The predicted octanol–water partition coefficient (Wildman–Crippen LogP) is 2.28. The van der Waals surface area contributed by atoms with Gasteiger partial charge in [0, 0.05) is 0 Å². The maximum Gasteiger partial charge on any atom is 0.121 e. The lowest BCUT2D eigenvalue weighted by Crippen LogP contribution is -1.82. The van der Waals surface area contributed by atoms with Crippen molar-refractivity contribution in [1.82, 2.24) is 9.97 Å². The third kappa shape index (κ3) is 1.36. The Bertz CT molecular complexity index is 481. The molecule has 1 N–H and O–H groups in total. The molecule has 64 valence electrons. The summed E-state index contributed by atoms with van der Waals surface area (Å²) in [7, 11) is 0. The van der Waals surface area contributed by atoms with E-state index in [4.69, 9.17) is 16.9 Å². The molecule has 0 radical (unpaired) electrons. The number of aromatic nitrogens is 2. The molecule has 1 heterocycles. The molecule has 0 saturated carbocycles. The summed E-state index contributed by atoms with van der Waals surface area (Å²) >= 11 is 5.91. The number of nitrogens with one attached hydrogen (secondary N) is 1. The minimum Gasteiger partial charge on any atom is -0.341 e. The van der Waals surface area contributed by atoms with Crippen molar-refractivity contribution in [3.8, 4) is 6.07 Å². The number of hydrogen-bond donors (Lipinski definition) is 1. The van der Waals surface area contributed by atoms with E-state index in [0.717, 1.165) is 11.0 Å². The van der Waals surface area contributed by atoms with E-state index in [0.29, 0.717) is 10.8 Å². The van der Waals surface area contributed by atoms with Gasteiger partial charge in [0.15, 0.2) is 0 Å². The van der Waals surface area contributed by atoms with Crippen LogP contribution < -0.4 is 0 Å². The van der Waals surface area contributed by atoms with Crippen molar-refractivity contribution in [1.29, 1.82) is 5.26 Å². The molecule has 0 spiro atoms. The molecule has 0 aliphatic carbocycles. The van der Waals surface area contributed by atoms with Gasteiger partial charge in [-0.15, -0.1) is 0 Å². The molecule has 0 aliphatic rings. The number of fused-ring (bicyclic) bond motifs is 1. The first kappa shape index (κ1) is 8.09. The molecular weight excluding hydrogens is 186 g/mol. The normalized spacial score (nSPS) is 10.2. The SMILES string of the molecule is N#CCc1nc2c(Cl)cccc2[nH]1. The van der Waals surface area contributed by atoms with Crippen LogP contribution in [0.5, 0.6) is 0 Å². The zero-order chi connectivity index (χ0) is 9.26. The Morgan fingerprint density at radius 1 is 1.54 bits per heavy atom. The van der Waals surface area contributed by atoms with Crippen molar-refractivity contribution >= 4 is 22.6 Å². The average Bonchev–Trinajstić information content (AvgIpc) is 2.49. The number of rotatable bonds is 1. The predicted molar refractivity (Wildman–Crippen MR) is 50.4 cm³/mol. The first-order chi connectivity index (χ1) is 6.31. The zero-order valence-electron chi connectivity index (χ0n) is 6.71. The van der Waals surface area contributed by atoms with E-state index in [9.17, 15) is 0 Å². The van der Waals surface area contributed by atoms with Crippen molar-refractivity contribution in [2.75, 3.05) is 0 Å². The van der Waals surface area contributed by atoms with Crippen LogP contribution in [0.3, 0.4) is 0 Å². The molecule has 0 aliphatic heterocycles. The monoisotopic (exact) mass is 191 g/mol. The molecule has 0 amide bonds. The number of benzene rings is 1. The molecule has 13 heavy (non-hydrogen) atoms. The van der Waals surface area contributed by atoms with E-state index in [-0.39, 0.29) is 6.42 Å². The Balaban J connectivity index is 2.63. The van der Waals surface area contributed by atoms with E-state index in [1.54, 1.807) is 6.07 Å². The van der Waals surface area contributed by atoms with Gasteiger partial charge in [0.2, 0.25) is 0 Å². The lowest BCUT2D eigenvalue weighted by Gasteiger charge is -1.88. The topological polar surface area (TPSA) is 52.5 Å². The first-order valence-corrected chi connectivity index (χ1v) is 4.19. The zero-order valence-corrected chi connectivity index (χ0v) is 7.47. The van der Waals surface area contributed by atoms with Crippen LogP contribution in [-0.4, -0.2) is 9.97 Å². The summed E-state index contributed by atoms with van der Waals surface area (Å²) in [6, 6.07) is 7.54. The van der Waals surface area contributed by atoms with Gasteiger partial charge in [0.05, 0.1) is 23.0 Å². The Morgan fingerprint density at radius 2 is 2.38 bits per heavy atom. The Hall–Kier alpha value is -1.53. The van der Waals surface area contributed by atoms with Gasteiger partial charge in [0.25, 0.3) is 0 Å². The minimum atomic E-state index is 0.283. The number of hydrogen-bond acceptors (Lipinski definition) is 2. The van der Waals surface area contributed by atoms with Gasteiger partial charge in [-0.1, -0.05) is 17.7 Å². The molecule has 0 bridgehead atoms. The molecule has 0 saturated heterocycles. The van der Waals surface area contributed by atoms with Crippen LogP contribution in [0.4, 0.5) is 0 Å². The summed E-state index contributed by atoms with van der Waals surface area (Å²) in [6.07, 6.45) is 0.283. The first-order valence-electron chi connectivity index (χ1n) is 3.81. The minimum absolute atomic E-state index is 0.283. The highest BCUT2D eigenvalue weighted by molar-refractivity contribution is 6.34. The lowest BCUT2D eigenvalue weighted by molar-refractivity contribution is 1.08. The van der Waals surface area contributed by atoms with Crippen LogP contribution in [0.15, 0.2) is 18.2 Å². The average molecular weight is 192 g/mol. The van der Waals surface area contributed by atoms with Gasteiger partial charge in [-0.2, -0.15) is 5.26 Å². The quantitative estimate of drug-likeness (QED) is 0.752. The molecular formula is C9H6ClN3. The van der Waals surface area contributed by atoms with Crippen molar-refractivity contribution in [2.45, 2.75) is 6.42 Å². The largest absolute Gasteiger partial charge is 0.341 e. The fourth-order valence-corrected chi connectivity index (χ4v) is 1.42. The van der Waals surface area contributed by atoms with Gasteiger partial charge in [-0.25, -0.2) is 4.98 Å². The molecule has 2 aromatic rings. The highest BCUT2D eigenvalue weighted by Crippen LogP contribution is 2.20. The second kappa shape index (κ2) is 3.08. The number of aromatic amines is 1. The number of para-hydroxylation sites is 1. The molecule has 1 aromatic carbocycles. The molecule has 3 nitrogen and oxygen atoms in total. The van der Waals surface area contributed by atoms with Crippen LogP contribution in [0.1, 0.15) is 5.82 Å². The van der Waals surface area contributed by atoms with Crippen molar-refractivity contribution < 1.29 is 0 Å². The molecule has 0 fully saturated rings. The van der Waals surface area contributed by atoms with Gasteiger partial charge in [0.1, 0.15) is 11.3 Å². The summed E-state index contributed by atoms with van der Waals surface area (Å²) in [5.74, 6) is 0.658. The fraction of sp³-hybridized carbons (Fsp3) is 0.111. The highest BCUT2D eigenvalue weighted by atomic mass is 35.5. The molecule has 4 heteroatoms. The summed E-state index contributed by atoms with van der Waals surface area (Å²) in [6.45, 7) is 0.